The standard InChI is InChI=1S/C18H15N5O2S.CH2O2/c1-23(2)18-21-8-16(26-18)11-6-13(22-17(20)12(11)7-19)10-3-4-14-15(5-10)25-9-24-14;2-1-3/h3-6,8H,9H2,1-2H3,(H2,20,22);1H,(H,2,3). The molecule has 0 bridgehead atoms. The molecule has 0 amide bonds. The van der Waals surface area contributed by atoms with Crippen LogP contribution in [0.25, 0.3) is 21.7 Å². The van der Waals surface area contributed by atoms with Crippen molar-refractivity contribution < 1.29 is 19.4 Å². The van der Waals surface area contributed by atoms with Crippen molar-refractivity contribution in [3.8, 4) is 39.3 Å². The van der Waals surface area contributed by atoms with Crippen molar-refractivity contribution in [1.82, 2.24) is 9.97 Å². The van der Waals surface area contributed by atoms with E-state index < -0.39 is 0 Å². The first-order valence-electron chi connectivity index (χ1n) is 8.30. The zero-order valence-corrected chi connectivity index (χ0v) is 16.4. The molecule has 148 valence electrons. The molecule has 0 saturated heterocycles. The predicted octanol–water partition coefficient (Wildman–Crippen LogP) is 2.82. The molecule has 0 aliphatic carbocycles. The lowest BCUT2D eigenvalue weighted by atomic mass is 10.0. The molecule has 1 aliphatic rings. The van der Waals surface area contributed by atoms with Crippen LogP contribution >= 0.6 is 11.3 Å². The Labute approximate surface area is 170 Å². The van der Waals surface area contributed by atoms with E-state index in [9.17, 15) is 5.26 Å². The highest BCUT2D eigenvalue weighted by atomic mass is 32.1. The van der Waals surface area contributed by atoms with Crippen molar-refractivity contribution in [2.45, 2.75) is 0 Å². The van der Waals surface area contributed by atoms with Crippen molar-refractivity contribution in [3.63, 3.8) is 0 Å². The molecule has 3 heterocycles. The molecule has 9 nitrogen and oxygen atoms in total. The summed E-state index contributed by atoms with van der Waals surface area (Å²) in [5.41, 5.74) is 8.64. The smallest absolute Gasteiger partial charge is 0.290 e. The average Bonchev–Trinajstić information content (AvgIpc) is 3.37. The minimum atomic E-state index is -0.250. The van der Waals surface area contributed by atoms with Crippen molar-refractivity contribution in [1.29, 1.82) is 5.26 Å². The molecular formula is C19H17N5O4S. The number of aromatic nitrogens is 2. The molecule has 4 rings (SSSR count). The van der Waals surface area contributed by atoms with Gasteiger partial charge in [-0.1, -0.05) is 11.3 Å². The number of hydrogen-bond donors (Lipinski definition) is 2. The SMILES string of the molecule is CN(C)c1ncc(-c2cc(-c3ccc4c(c3)OCO4)nc(N)c2C#N)s1.O=CO. The van der Waals surface area contributed by atoms with Crippen LogP contribution in [0.2, 0.25) is 0 Å². The molecular weight excluding hydrogens is 394 g/mol. The Bertz CT molecular complexity index is 1090. The maximum absolute atomic E-state index is 9.53. The van der Waals surface area contributed by atoms with Gasteiger partial charge in [-0.3, -0.25) is 4.79 Å². The van der Waals surface area contributed by atoms with Crippen molar-refractivity contribution in [3.05, 3.63) is 36.0 Å². The van der Waals surface area contributed by atoms with E-state index in [0.29, 0.717) is 22.8 Å². The van der Waals surface area contributed by atoms with E-state index in [4.69, 9.17) is 25.1 Å². The van der Waals surface area contributed by atoms with E-state index in [-0.39, 0.29) is 19.1 Å². The van der Waals surface area contributed by atoms with E-state index in [2.05, 4.69) is 16.0 Å². The summed E-state index contributed by atoms with van der Waals surface area (Å²) in [6.45, 7) is -0.0405. The van der Waals surface area contributed by atoms with Gasteiger partial charge in [-0.05, 0) is 24.3 Å². The Hall–Kier alpha value is -3.84. The summed E-state index contributed by atoms with van der Waals surface area (Å²) < 4.78 is 10.8. The number of rotatable bonds is 3. The fraction of sp³-hybridized carbons (Fsp3) is 0.158. The number of thiazole rings is 1. The Balaban J connectivity index is 0.000000755. The van der Waals surface area contributed by atoms with Crippen LogP contribution in [0.1, 0.15) is 5.56 Å². The Kier molecular flexibility index (Phi) is 5.80. The van der Waals surface area contributed by atoms with Gasteiger partial charge in [0.1, 0.15) is 17.5 Å². The van der Waals surface area contributed by atoms with E-state index in [1.807, 2.05) is 43.3 Å². The second kappa shape index (κ2) is 8.45. The highest BCUT2D eigenvalue weighted by Gasteiger charge is 2.18. The van der Waals surface area contributed by atoms with Gasteiger partial charge < -0.3 is 25.2 Å². The van der Waals surface area contributed by atoms with Crippen LogP contribution in [0.4, 0.5) is 10.9 Å². The summed E-state index contributed by atoms with van der Waals surface area (Å²) in [6.07, 6.45) is 1.75. The van der Waals surface area contributed by atoms with Crippen LogP contribution in [0.3, 0.4) is 0 Å². The molecule has 2 aromatic heterocycles. The molecule has 0 atom stereocenters. The minimum absolute atomic E-state index is 0.192. The van der Waals surface area contributed by atoms with E-state index >= 15 is 0 Å². The number of nitrogens with zero attached hydrogens (tertiary/aromatic N) is 4. The van der Waals surface area contributed by atoms with Crippen molar-refractivity contribution in [2.24, 2.45) is 0 Å². The van der Waals surface area contributed by atoms with E-state index in [1.54, 1.807) is 6.20 Å². The van der Waals surface area contributed by atoms with Crippen LogP contribution < -0.4 is 20.1 Å². The third-order valence-corrected chi connectivity index (χ3v) is 5.17. The number of nitriles is 1. The van der Waals surface area contributed by atoms with Gasteiger partial charge in [0, 0.05) is 31.4 Å². The normalized spacial score (nSPS) is 11.2. The molecule has 1 aliphatic heterocycles. The molecule has 3 aromatic rings. The fourth-order valence-corrected chi connectivity index (χ4v) is 3.54. The molecule has 0 spiro atoms. The number of pyridine rings is 1. The molecule has 0 fully saturated rings. The second-order valence-corrected chi connectivity index (χ2v) is 7.01. The molecule has 0 radical (unpaired) electrons. The summed E-state index contributed by atoms with van der Waals surface area (Å²) in [5.74, 6) is 1.56. The predicted molar refractivity (Wildman–Crippen MR) is 109 cm³/mol. The maximum atomic E-state index is 9.53. The van der Waals surface area contributed by atoms with Crippen LogP contribution in [0.5, 0.6) is 11.5 Å². The summed E-state index contributed by atoms with van der Waals surface area (Å²) in [6, 6.07) is 9.60. The minimum Gasteiger partial charge on any atom is -0.483 e. The number of nitrogen functional groups attached to an aromatic ring is 1. The van der Waals surface area contributed by atoms with Gasteiger partial charge in [-0.25, -0.2) is 9.97 Å². The largest absolute Gasteiger partial charge is 0.483 e. The van der Waals surface area contributed by atoms with Gasteiger partial charge >= 0.3 is 0 Å². The van der Waals surface area contributed by atoms with Crippen molar-refractivity contribution >= 4 is 28.8 Å². The number of fused-ring (bicyclic) bond motifs is 1. The first-order valence-corrected chi connectivity index (χ1v) is 9.12. The zero-order chi connectivity index (χ0) is 21.0. The third kappa shape index (κ3) is 4.04. The molecule has 3 N–H and O–H groups in total. The lowest BCUT2D eigenvalue weighted by Gasteiger charge is -2.09. The quantitative estimate of drug-likeness (QED) is 0.624. The lowest BCUT2D eigenvalue weighted by molar-refractivity contribution is -0.122. The Morgan fingerprint density at radius 3 is 2.69 bits per heavy atom. The topological polar surface area (TPSA) is 135 Å². The number of carboxylic acid groups (broad SMARTS) is 1. The lowest BCUT2D eigenvalue weighted by Crippen LogP contribution is -2.07. The third-order valence-electron chi connectivity index (χ3n) is 3.97. The van der Waals surface area contributed by atoms with Gasteiger partial charge in [0.25, 0.3) is 6.47 Å². The molecule has 0 unspecified atom stereocenters. The number of anilines is 2. The van der Waals surface area contributed by atoms with Gasteiger partial charge in [-0.15, -0.1) is 0 Å². The second-order valence-electron chi connectivity index (χ2n) is 6.00. The van der Waals surface area contributed by atoms with E-state index in [1.165, 1.54) is 11.3 Å². The van der Waals surface area contributed by atoms with Crippen LogP contribution in [0, 0.1) is 11.3 Å². The Morgan fingerprint density at radius 2 is 2.03 bits per heavy atom. The number of carbonyl (C=O) groups is 1. The summed E-state index contributed by atoms with van der Waals surface area (Å²) in [7, 11) is 3.85. The monoisotopic (exact) mass is 411 g/mol. The van der Waals surface area contributed by atoms with E-state index in [0.717, 1.165) is 21.1 Å². The molecule has 0 saturated carbocycles. The average molecular weight is 411 g/mol. The zero-order valence-electron chi connectivity index (χ0n) is 15.6. The fourth-order valence-electron chi connectivity index (χ4n) is 2.68. The summed E-state index contributed by atoms with van der Waals surface area (Å²) in [5, 5.41) is 17.3. The molecule has 1 aromatic carbocycles. The Morgan fingerprint density at radius 1 is 1.31 bits per heavy atom. The maximum Gasteiger partial charge on any atom is 0.290 e. The van der Waals surface area contributed by atoms with Gasteiger partial charge in [0.05, 0.1) is 10.6 Å². The first-order chi connectivity index (χ1) is 14.0. The van der Waals surface area contributed by atoms with Gasteiger partial charge in [0.2, 0.25) is 6.79 Å². The van der Waals surface area contributed by atoms with Crippen LogP contribution in [-0.4, -0.2) is 42.4 Å². The summed E-state index contributed by atoms with van der Waals surface area (Å²) in [4.78, 5) is 19.9. The summed E-state index contributed by atoms with van der Waals surface area (Å²) >= 11 is 1.49. The van der Waals surface area contributed by atoms with Crippen LogP contribution in [0.15, 0.2) is 30.5 Å². The van der Waals surface area contributed by atoms with Gasteiger partial charge in [0.15, 0.2) is 16.6 Å². The molecule has 29 heavy (non-hydrogen) atoms. The number of benzene rings is 1. The number of nitrogens with two attached hydrogens (primary N) is 1. The first kappa shape index (κ1) is 19.9. The highest BCUT2D eigenvalue weighted by molar-refractivity contribution is 7.18. The molecule has 10 heteroatoms. The van der Waals surface area contributed by atoms with Crippen molar-refractivity contribution in [2.75, 3.05) is 31.5 Å². The van der Waals surface area contributed by atoms with Gasteiger partial charge in [-0.2, -0.15) is 5.26 Å². The van der Waals surface area contributed by atoms with Crippen LogP contribution in [-0.2, 0) is 4.79 Å². The number of ether oxygens (including phenoxy) is 2. The number of hydrogen-bond acceptors (Lipinski definition) is 9. The highest BCUT2D eigenvalue weighted by Crippen LogP contribution is 2.39.